The number of alkyl halides is 15. The fourth-order valence-electron chi connectivity index (χ4n) is 14.0. The molecule has 0 radical (unpaired) electrons. The molecule has 0 saturated carbocycles. The van der Waals surface area contributed by atoms with E-state index < -0.39 is 92.8 Å². The highest BCUT2D eigenvalue weighted by Crippen LogP contribution is 2.41. The van der Waals surface area contributed by atoms with Crippen LogP contribution in [0.25, 0.3) is 23.3 Å². The van der Waals surface area contributed by atoms with Crippen LogP contribution in [0.15, 0.2) is 224 Å². The van der Waals surface area contributed by atoms with Crippen molar-refractivity contribution in [1.82, 2.24) is 10.4 Å². The van der Waals surface area contributed by atoms with Gasteiger partial charge in [-0.15, -0.1) is 0 Å². The Hall–Kier alpha value is -15.1. The van der Waals surface area contributed by atoms with Crippen LogP contribution in [0.3, 0.4) is 0 Å². The average molecular weight is 2020 g/mol. The fourth-order valence-corrected chi connectivity index (χ4v) is 14.0. The number of amides is 2. The van der Waals surface area contributed by atoms with Gasteiger partial charge in [-0.3, -0.25) is 24.0 Å². The zero-order valence-corrected chi connectivity index (χ0v) is 79.5. The number of esters is 3. The van der Waals surface area contributed by atoms with E-state index in [1.807, 2.05) is 101 Å². The van der Waals surface area contributed by atoms with Crippen molar-refractivity contribution in [2.24, 2.45) is 0 Å². The van der Waals surface area contributed by atoms with Crippen molar-refractivity contribution in [3.63, 3.8) is 0 Å². The van der Waals surface area contributed by atoms with Gasteiger partial charge in [0, 0.05) is 112 Å². The number of ketones is 1. The zero-order chi connectivity index (χ0) is 106. The second-order valence-corrected chi connectivity index (χ2v) is 32.6. The van der Waals surface area contributed by atoms with Crippen LogP contribution in [-0.2, 0) is 52.8 Å². The number of methoxy groups -OCH3 is 1. The Bertz CT molecular complexity index is 6520. The number of imide groups is 1. The number of phenolic OH excluding ortho intramolecular Hbond substituents is 1. The third-order valence-corrected chi connectivity index (χ3v) is 20.7. The quantitative estimate of drug-likeness (QED) is 0.0156. The van der Waals surface area contributed by atoms with E-state index in [9.17, 15) is 114 Å². The van der Waals surface area contributed by atoms with Crippen LogP contribution >= 0.6 is 0 Å². The summed E-state index contributed by atoms with van der Waals surface area (Å²) in [5, 5.41) is 43.7. The molecule has 0 atom stereocenters. The molecule has 0 spiro atoms. The maximum Gasteiger partial charge on any atom is 0.450 e. The maximum atomic E-state index is 12.7. The summed E-state index contributed by atoms with van der Waals surface area (Å²) >= 11 is 0. The monoisotopic (exact) mass is 2020 g/mol. The molecule has 4 aliphatic rings. The number of ether oxygens (including phenoxy) is 4. The molecule has 144 heavy (non-hydrogen) atoms. The second kappa shape index (κ2) is 54.2. The number of rotatable bonds is 20. The van der Waals surface area contributed by atoms with Crippen molar-refractivity contribution in [3.8, 4) is 28.7 Å². The second-order valence-electron chi connectivity index (χ2n) is 32.6. The van der Waals surface area contributed by atoms with Gasteiger partial charge in [-0.2, -0.15) is 70.9 Å². The molecule has 21 nitrogen and oxygen atoms in total. The van der Waals surface area contributed by atoms with Crippen LogP contribution in [0.5, 0.6) is 28.7 Å². The lowest BCUT2D eigenvalue weighted by Crippen LogP contribution is -2.27. The summed E-state index contributed by atoms with van der Waals surface area (Å²) in [5.41, 5.74) is 19.6. The zero-order valence-electron chi connectivity index (χ0n) is 79.5. The van der Waals surface area contributed by atoms with Crippen LogP contribution in [-0.4, -0.2) is 129 Å². The first kappa shape index (κ1) is 118. The van der Waals surface area contributed by atoms with Gasteiger partial charge in [-0.05, 0) is 197 Å². The van der Waals surface area contributed by atoms with Crippen LogP contribution in [0.1, 0.15) is 180 Å². The van der Waals surface area contributed by atoms with Crippen LogP contribution in [0.4, 0.5) is 82.9 Å². The topological polar surface area (TPSA) is 314 Å². The predicted molar refractivity (Wildman–Crippen MR) is 513 cm³/mol. The van der Waals surface area contributed by atoms with E-state index in [0.717, 1.165) is 85.9 Å². The largest absolute Gasteiger partial charge is 0.545 e. The summed E-state index contributed by atoms with van der Waals surface area (Å²) in [6.45, 7) is 15.5. The van der Waals surface area contributed by atoms with Gasteiger partial charge in [-0.25, -0.2) is 9.59 Å². The molecule has 0 aromatic heterocycles. The first-order chi connectivity index (χ1) is 67.2. The Labute approximate surface area is 821 Å². The third-order valence-electron chi connectivity index (χ3n) is 20.7. The molecule has 768 valence electrons. The summed E-state index contributed by atoms with van der Waals surface area (Å²) in [5.74, 6) is -4.37. The van der Waals surface area contributed by atoms with E-state index in [1.165, 1.54) is 56.2 Å². The number of hydroxylamine groups is 2. The molecule has 11 aromatic carbocycles. The summed E-state index contributed by atoms with van der Waals surface area (Å²) in [6.07, 6.45) is -20.0. The number of carboxylic acids is 2. The summed E-state index contributed by atoms with van der Waals surface area (Å²) in [4.78, 5) is 92.4. The molecule has 36 heteroatoms. The van der Waals surface area contributed by atoms with Crippen molar-refractivity contribution in [1.29, 1.82) is 0 Å². The molecule has 15 rings (SSSR count). The standard InChI is InChI=1S/C27H23F3O3.C26H22F3NO3.C10H9F3O.C10H11F3.C9H6O3.C8H8F3NO.C7H9N.C5H7NO3.C5H11NO2.CH4/c1-3-4-17-6-9-20-23(14-17)33-24-15-18(11-12-27(28,29)30)7-10-21(24)25(20)19-8-5-16(2)13-22(19)26(31)32;1-3-30-17-6-9-20-23(14-17)33-22-13-16(10-11-26(27,28)29)5-8-19(22)24(20)21-12-15(2)4-7-18(21)25(31)32;1-7-3-2-4-8(5-7)6-9(14)10(11,12)13;1-8-3-2-4-9(7-8)5-6-10(11,12)13;1-5-2-3-6-7(4-5)9(11)12-8(6)10;9-8(10,11)5-12-6-2-1-3-7(13)4-6;1-6-3-2-4-7(8)5-6;1-9-6-4(7)2-3-5(6)8;1-6-4-3-5(7)8-2;/h5-11,13-15H,3-4,12H2,1-2H3,(H,31,32);4-10,12-14,30H,3,11H2,1-2H3,(H,31,32);2-5H,6H2,1H3;2-4,7H,5-6H2,1H3;2-4H,1H3;1-4,12-13H,5H2;2-5H,8H2,1H3;2-3H2,1H3;6H,3-4H2,1-2H3;1H4/p-2/b18-11+;16-10+;;;;;;;;. The average Bonchev–Trinajstić information content (AvgIpc) is 0.878. The van der Waals surface area contributed by atoms with Gasteiger partial charge in [0.25, 0.3) is 11.8 Å². The number of carbonyl (C=O) groups excluding carboxylic acids is 8. The molecule has 11 aromatic rings. The number of nitrogen functional groups attached to an aromatic ring is 1. The number of aromatic carboxylic acids is 2. The number of hydrogen-bond acceptors (Lipinski definition) is 20. The minimum absolute atomic E-state index is 0. The van der Waals surface area contributed by atoms with Crippen molar-refractivity contribution in [3.05, 3.63) is 340 Å². The minimum Gasteiger partial charge on any atom is -0.545 e. The van der Waals surface area contributed by atoms with Crippen LogP contribution in [0.2, 0.25) is 0 Å². The number of aromatic hydroxyl groups is 1. The molecular weight excluding hydrogens is 1910 g/mol. The van der Waals surface area contributed by atoms with Gasteiger partial charge in [0.1, 0.15) is 35.3 Å². The number of carboxylic acid groups (broad SMARTS) is 2. The number of anilines is 3. The number of cyclic esters (lactones) is 2. The van der Waals surface area contributed by atoms with Gasteiger partial charge in [0.2, 0.25) is 5.78 Å². The predicted octanol–water partition coefficient (Wildman–Crippen LogP) is 19.8. The number of Topliss-reactive ketones (excluding diaryl/α,β-unsaturated/α-hetero) is 1. The number of phenols is 1. The molecule has 0 unspecified atom stereocenters. The molecule has 2 amide bonds. The number of hydrogen-bond donors (Lipinski definition) is 5. The minimum atomic E-state index is -4.73. The van der Waals surface area contributed by atoms with Crippen LogP contribution in [0, 0.1) is 41.5 Å². The number of fused-ring (bicyclic) bond motifs is 5. The number of nitrogens with two attached hydrogens (primary N) is 1. The summed E-state index contributed by atoms with van der Waals surface area (Å²) in [6, 6.07) is 63.0. The van der Waals surface area contributed by atoms with Gasteiger partial charge in [-0.1, -0.05) is 188 Å². The van der Waals surface area contributed by atoms with E-state index in [4.69, 9.17) is 20.3 Å². The van der Waals surface area contributed by atoms with Gasteiger partial charge >= 0.3 is 48.8 Å². The lowest BCUT2D eigenvalue weighted by Gasteiger charge is -2.24. The lowest BCUT2D eigenvalue weighted by atomic mass is 9.88. The molecule has 4 aliphatic heterocycles. The third kappa shape index (κ3) is 38.4. The Morgan fingerprint density at radius 2 is 0.931 bits per heavy atom. The summed E-state index contributed by atoms with van der Waals surface area (Å²) in [7, 11) is 4.49. The van der Waals surface area contributed by atoms with E-state index in [-0.39, 0.29) is 67.0 Å². The van der Waals surface area contributed by atoms with E-state index in [0.29, 0.717) is 108 Å². The van der Waals surface area contributed by atoms with Crippen molar-refractivity contribution >= 4 is 87.8 Å². The lowest BCUT2D eigenvalue weighted by molar-refractivity contribution is -0.256. The molecule has 6 N–H and O–H groups in total. The number of halogens is 15. The highest BCUT2D eigenvalue weighted by Gasteiger charge is 2.38. The molecule has 1 fully saturated rings. The van der Waals surface area contributed by atoms with Crippen LogP contribution < -0.4 is 62.2 Å². The van der Waals surface area contributed by atoms with Crippen molar-refractivity contribution in [2.45, 2.75) is 158 Å². The Balaban J connectivity index is 0.000000262. The highest BCUT2D eigenvalue weighted by molar-refractivity contribution is 6.14. The number of nitrogens with one attached hydrogen (secondary N) is 3. The van der Waals surface area contributed by atoms with Gasteiger partial charge in [0.15, 0.2) is 0 Å². The molecule has 1 saturated heterocycles. The van der Waals surface area contributed by atoms with E-state index >= 15 is 0 Å². The van der Waals surface area contributed by atoms with Gasteiger partial charge in [0.05, 0.1) is 56.5 Å². The SMILES string of the molecule is C.CCCc1ccc2c(c1)Oc1c/c(=C/CC(F)(F)F)ccc1=C2c1ccc(C)cc1C(=O)[O-].CCNc1ccc2c(c1)Oc1c/c(=C/CC(F)(F)F)ccc1=C2c1cc(C)ccc1C(=O)[O-].CNCCC(=O)OC.CON1C(=O)CCC1=O.Cc1ccc2c(c1)C(=O)OC2=O.Cc1cccc(CC(=O)C(F)(F)F)c1.Cc1cccc(CCC(F)(F)F)c1.Cc1cccc(N)c1.Oc1cccc(NCC(F)(F)F)c1. The first-order valence-corrected chi connectivity index (χ1v) is 44.2. The molecule has 0 aliphatic carbocycles. The molecule has 0 bridgehead atoms. The maximum absolute atomic E-state index is 12.7. The highest BCUT2D eigenvalue weighted by atomic mass is 19.4. The van der Waals surface area contributed by atoms with E-state index in [2.05, 4.69) is 37.2 Å². The Morgan fingerprint density at radius 3 is 1.41 bits per heavy atom. The molecule has 4 heterocycles. The number of nitrogens with zero attached hydrogens (tertiary/aromatic N) is 1. The number of carbonyl (C=O) groups is 8. The normalized spacial score (nSPS) is 12.7. The molecular formula is C108H108F15N5O16-2. The Morgan fingerprint density at radius 1 is 0.458 bits per heavy atom. The number of aryl methyl sites for hydroxylation is 8. The van der Waals surface area contributed by atoms with Crippen molar-refractivity contribution in [2.75, 3.05) is 57.3 Å². The summed E-state index contributed by atoms with van der Waals surface area (Å²) < 4.78 is 204. The van der Waals surface area contributed by atoms with Crippen molar-refractivity contribution < 1.29 is 143 Å². The van der Waals surface area contributed by atoms with Gasteiger partial charge < -0.3 is 65.5 Å². The van der Waals surface area contributed by atoms with E-state index in [1.54, 1.807) is 142 Å². The Kier molecular flexibility index (Phi) is 44.3. The smallest absolute Gasteiger partial charge is 0.450 e. The number of benzene rings is 11. The first-order valence-electron chi connectivity index (χ1n) is 44.2. The fraction of sp³-hybridized carbons (Fsp3) is 0.278.